The van der Waals surface area contributed by atoms with Crippen LogP contribution in [-0.4, -0.2) is 41.8 Å². The van der Waals surface area contributed by atoms with Crippen molar-refractivity contribution in [1.29, 1.82) is 0 Å². The third kappa shape index (κ3) is 6.55. The second-order valence-corrected chi connectivity index (χ2v) is 11.0. The van der Waals surface area contributed by atoms with Gasteiger partial charge in [-0.3, -0.25) is 4.79 Å². The second kappa shape index (κ2) is 10.5. The van der Waals surface area contributed by atoms with Crippen LogP contribution in [0, 0.1) is 17.2 Å². The minimum absolute atomic E-state index is 0.0812. The van der Waals surface area contributed by atoms with Crippen molar-refractivity contribution in [2.24, 2.45) is 11.3 Å². The summed E-state index contributed by atoms with van der Waals surface area (Å²) in [5.41, 5.74) is -5.76. The molecule has 220 valence electrons. The number of rotatable bonds is 7. The van der Waals surface area contributed by atoms with Crippen LogP contribution in [0.2, 0.25) is 0 Å². The van der Waals surface area contributed by atoms with Gasteiger partial charge in [0.15, 0.2) is 5.50 Å². The molecule has 2 aromatic rings. The summed E-state index contributed by atoms with van der Waals surface area (Å²) in [4.78, 5) is 12.6. The van der Waals surface area contributed by atoms with Gasteiger partial charge < -0.3 is 14.7 Å². The first kappa shape index (κ1) is 30.1. The molecule has 1 heterocycles. The molecule has 0 aromatic heterocycles. The number of thioether (sulfide) groups is 1. The Bertz CT molecular complexity index is 1240. The highest BCUT2D eigenvalue weighted by atomic mass is 32.2. The summed E-state index contributed by atoms with van der Waals surface area (Å²) < 4.78 is 142. The number of anilines is 2. The third-order valence-corrected chi connectivity index (χ3v) is 7.96. The van der Waals surface area contributed by atoms with E-state index in [1.54, 1.807) is 0 Å². The Kier molecular flexibility index (Phi) is 7.93. The summed E-state index contributed by atoms with van der Waals surface area (Å²) >= 11 is 0.352. The van der Waals surface area contributed by atoms with E-state index in [-0.39, 0.29) is 16.3 Å². The number of carboxylic acid groups (broad SMARTS) is 1. The molecule has 1 N–H and O–H groups in total. The Hall–Kier alpha value is -2.84. The van der Waals surface area contributed by atoms with Gasteiger partial charge in [0.05, 0.1) is 11.3 Å². The number of fused-ring (bicyclic) bond motifs is 1. The standard InChI is InChI=1S/C25H21F10NO3S/c26-14-1-3-15(4-2-14)36-9-13(5-6-24(30,31)32)20(27)40-19-8-18(16(7-17(19)36)25(33,34)35)39-12-22(21(37)38)10-23(28,29)11-22/h1-4,7-8,13,20H,5-6,9-12H2,(H,37,38). The molecule has 0 radical (unpaired) electrons. The third-order valence-electron chi connectivity index (χ3n) is 6.77. The van der Waals surface area contributed by atoms with E-state index in [1.807, 2.05) is 0 Å². The van der Waals surface area contributed by atoms with E-state index >= 15 is 4.39 Å². The van der Waals surface area contributed by atoms with E-state index in [0.717, 1.165) is 23.1 Å². The lowest BCUT2D eigenvalue weighted by Gasteiger charge is -2.43. The van der Waals surface area contributed by atoms with Crippen molar-refractivity contribution in [3.05, 3.63) is 47.8 Å². The van der Waals surface area contributed by atoms with Gasteiger partial charge >= 0.3 is 18.3 Å². The molecule has 40 heavy (non-hydrogen) atoms. The molecular weight excluding hydrogens is 584 g/mol. The zero-order valence-electron chi connectivity index (χ0n) is 20.3. The Balaban J connectivity index is 1.76. The fourth-order valence-electron chi connectivity index (χ4n) is 4.74. The number of hydrogen-bond acceptors (Lipinski definition) is 4. The van der Waals surface area contributed by atoms with Crippen molar-refractivity contribution in [2.75, 3.05) is 18.1 Å². The predicted molar refractivity (Wildman–Crippen MR) is 124 cm³/mol. The number of nitrogens with zero attached hydrogens (tertiary/aromatic N) is 1. The van der Waals surface area contributed by atoms with E-state index in [2.05, 4.69) is 0 Å². The SMILES string of the molecule is O=C(O)C1(COc2cc3c(cc2C(F)(F)F)N(c2ccc(F)cc2)CC(CCC(F)(F)F)C(F)S3)CC(F)(F)C1. The monoisotopic (exact) mass is 605 g/mol. The number of benzene rings is 2. The van der Waals surface area contributed by atoms with Gasteiger partial charge in [-0.15, -0.1) is 0 Å². The first-order valence-electron chi connectivity index (χ1n) is 11.8. The van der Waals surface area contributed by atoms with Gasteiger partial charge in [0.1, 0.15) is 23.6 Å². The number of ether oxygens (including phenoxy) is 1. The topological polar surface area (TPSA) is 49.8 Å². The lowest BCUT2D eigenvalue weighted by atomic mass is 9.66. The molecule has 2 aliphatic rings. The van der Waals surface area contributed by atoms with Crippen LogP contribution in [0.4, 0.5) is 55.3 Å². The number of carboxylic acids is 1. The Morgan fingerprint density at radius 3 is 2.23 bits per heavy atom. The van der Waals surface area contributed by atoms with Crippen molar-refractivity contribution < 1.29 is 58.5 Å². The van der Waals surface area contributed by atoms with E-state index in [1.165, 1.54) is 12.1 Å². The van der Waals surface area contributed by atoms with E-state index < -0.39 is 97.0 Å². The first-order valence-corrected chi connectivity index (χ1v) is 12.7. The average molecular weight is 605 g/mol. The summed E-state index contributed by atoms with van der Waals surface area (Å²) in [6, 6.07) is 5.65. The van der Waals surface area contributed by atoms with Crippen molar-refractivity contribution in [1.82, 2.24) is 0 Å². The Morgan fingerprint density at radius 2 is 1.70 bits per heavy atom. The van der Waals surface area contributed by atoms with Crippen LogP contribution in [0.1, 0.15) is 31.2 Å². The van der Waals surface area contributed by atoms with Crippen LogP contribution in [0.5, 0.6) is 5.75 Å². The molecule has 2 atom stereocenters. The smallest absolute Gasteiger partial charge is 0.420 e. The van der Waals surface area contributed by atoms with Crippen molar-refractivity contribution in [3.8, 4) is 5.75 Å². The summed E-state index contributed by atoms with van der Waals surface area (Å²) in [6.45, 7) is -1.50. The number of aliphatic carboxylic acids is 1. The normalized spacial score (nSPS) is 22.2. The van der Waals surface area contributed by atoms with Crippen LogP contribution in [0.3, 0.4) is 0 Å². The molecule has 1 aliphatic heterocycles. The van der Waals surface area contributed by atoms with E-state index in [0.29, 0.717) is 17.8 Å². The van der Waals surface area contributed by atoms with Gasteiger partial charge in [0, 0.05) is 42.3 Å². The summed E-state index contributed by atoms with van der Waals surface area (Å²) in [5, 5.41) is 9.40. The van der Waals surface area contributed by atoms with Gasteiger partial charge in [0.25, 0.3) is 5.92 Å². The molecular formula is C25H21F10NO3S. The van der Waals surface area contributed by atoms with Gasteiger partial charge in [-0.1, -0.05) is 11.8 Å². The highest BCUT2D eigenvalue weighted by Gasteiger charge is 2.62. The zero-order valence-corrected chi connectivity index (χ0v) is 21.1. The quantitative estimate of drug-likeness (QED) is 0.323. The molecule has 4 rings (SSSR count). The van der Waals surface area contributed by atoms with Crippen LogP contribution in [-0.2, 0) is 11.0 Å². The van der Waals surface area contributed by atoms with Gasteiger partial charge in [-0.05, 0) is 42.8 Å². The van der Waals surface area contributed by atoms with E-state index in [4.69, 9.17) is 4.74 Å². The Morgan fingerprint density at radius 1 is 1.07 bits per heavy atom. The average Bonchev–Trinajstić information content (AvgIpc) is 2.94. The summed E-state index contributed by atoms with van der Waals surface area (Å²) in [5.74, 6) is -7.97. The van der Waals surface area contributed by atoms with Crippen LogP contribution >= 0.6 is 11.8 Å². The molecule has 0 bridgehead atoms. The van der Waals surface area contributed by atoms with E-state index in [9.17, 15) is 49.4 Å². The van der Waals surface area contributed by atoms with Gasteiger partial charge in [-0.2, -0.15) is 26.3 Å². The van der Waals surface area contributed by atoms with Crippen molar-refractivity contribution in [3.63, 3.8) is 0 Å². The van der Waals surface area contributed by atoms with Crippen LogP contribution < -0.4 is 9.64 Å². The fraction of sp³-hybridized carbons (Fsp3) is 0.480. The first-order chi connectivity index (χ1) is 18.4. The summed E-state index contributed by atoms with van der Waals surface area (Å²) in [6.07, 6.45) is -14.1. The number of halogens is 10. The zero-order chi connectivity index (χ0) is 29.7. The van der Waals surface area contributed by atoms with Crippen LogP contribution in [0.15, 0.2) is 41.3 Å². The maximum Gasteiger partial charge on any atom is 0.420 e. The lowest BCUT2D eigenvalue weighted by Crippen LogP contribution is -2.54. The van der Waals surface area contributed by atoms with Gasteiger partial charge in [0.2, 0.25) is 0 Å². The highest BCUT2D eigenvalue weighted by Crippen LogP contribution is 2.54. The fourth-order valence-corrected chi connectivity index (χ4v) is 5.86. The van der Waals surface area contributed by atoms with Gasteiger partial charge in [-0.25, -0.2) is 17.6 Å². The maximum absolute atomic E-state index is 15.3. The molecule has 1 aliphatic carbocycles. The number of alkyl halides is 9. The molecule has 1 saturated carbocycles. The molecule has 1 fully saturated rings. The molecule has 2 unspecified atom stereocenters. The second-order valence-electron chi connectivity index (χ2n) is 9.87. The molecule has 4 nitrogen and oxygen atoms in total. The molecule has 0 amide bonds. The number of carbonyl (C=O) groups is 1. The van der Waals surface area contributed by atoms with Crippen molar-refractivity contribution >= 4 is 29.1 Å². The minimum atomic E-state index is -5.11. The molecule has 0 spiro atoms. The van der Waals surface area contributed by atoms with Crippen LogP contribution in [0.25, 0.3) is 0 Å². The minimum Gasteiger partial charge on any atom is -0.492 e. The predicted octanol–water partition coefficient (Wildman–Crippen LogP) is 8.22. The highest BCUT2D eigenvalue weighted by molar-refractivity contribution is 8.00. The maximum atomic E-state index is 15.3. The molecule has 2 aromatic carbocycles. The largest absolute Gasteiger partial charge is 0.492 e. The molecule has 15 heteroatoms. The summed E-state index contributed by atoms with van der Waals surface area (Å²) in [7, 11) is 0. The molecule has 0 saturated heterocycles. The Labute approximate surface area is 225 Å². The van der Waals surface area contributed by atoms with Crippen molar-refractivity contribution in [2.45, 2.75) is 54.4 Å². The number of hydrogen-bond donors (Lipinski definition) is 1. The lowest BCUT2D eigenvalue weighted by molar-refractivity contribution is -0.200.